The molecule has 0 N–H and O–H groups in total. The molecule has 11 heavy (non-hydrogen) atoms. The summed E-state index contributed by atoms with van der Waals surface area (Å²) in [5, 5.41) is 0.393. The average molecular weight is 150 g/mol. The summed E-state index contributed by atoms with van der Waals surface area (Å²) in [7, 11) is 4.61. The zero-order valence-corrected chi connectivity index (χ0v) is 8.65. The quantitative estimate of drug-likeness (QED) is 0.528. The fraction of sp³-hybridized carbons (Fsp3) is 1.00. The maximum absolute atomic E-state index is 2.34. The van der Waals surface area contributed by atoms with Gasteiger partial charge in [-0.05, 0) is 5.92 Å². The van der Waals surface area contributed by atoms with Crippen molar-refractivity contribution in [3.8, 4) is 0 Å². The van der Waals surface area contributed by atoms with Crippen LogP contribution < -0.4 is 0 Å². The van der Waals surface area contributed by atoms with Gasteiger partial charge in [0.2, 0.25) is 0 Å². The Bertz CT molecular complexity index is 97.7. The standard InChI is InChI=1S/C9H20B2/c1-6-10-11-9(4,5)7-8(2)3/h8H,6-7H2,1-5H3. The Hall–Kier alpha value is 0.130. The number of hydrogen-bond acceptors (Lipinski definition) is 0. The Balaban J connectivity index is 3.61. The highest BCUT2D eigenvalue weighted by Gasteiger charge is 2.18. The van der Waals surface area contributed by atoms with Crippen LogP contribution in [-0.4, -0.2) is 14.3 Å². The number of hydrogen-bond donors (Lipinski definition) is 0. The van der Waals surface area contributed by atoms with E-state index in [1.54, 1.807) is 0 Å². The normalized spacial score (nSPS) is 11.8. The molecule has 0 saturated heterocycles. The van der Waals surface area contributed by atoms with Crippen LogP contribution in [0.25, 0.3) is 0 Å². The first-order valence-electron chi connectivity index (χ1n) is 4.65. The van der Waals surface area contributed by atoms with Gasteiger partial charge in [-0.25, -0.2) is 0 Å². The third-order valence-electron chi connectivity index (χ3n) is 1.74. The van der Waals surface area contributed by atoms with Gasteiger partial charge in [0.15, 0.2) is 0 Å². The Kier molecular flexibility index (Phi) is 4.96. The monoisotopic (exact) mass is 150 g/mol. The molecule has 0 spiro atoms. The predicted octanol–water partition coefficient (Wildman–Crippen LogP) is 2.99. The molecule has 0 rings (SSSR count). The van der Waals surface area contributed by atoms with E-state index in [0.29, 0.717) is 5.31 Å². The number of rotatable bonds is 5. The molecular formula is C9H20B2. The fourth-order valence-corrected chi connectivity index (χ4v) is 1.56. The minimum Gasteiger partial charge on any atom is -0.0914 e. The smallest absolute Gasteiger partial charge is 0.0731 e. The van der Waals surface area contributed by atoms with Crippen LogP contribution in [0.15, 0.2) is 0 Å². The first-order chi connectivity index (χ1) is 4.98. The van der Waals surface area contributed by atoms with Gasteiger partial charge in [0, 0.05) is 0 Å². The first kappa shape index (κ1) is 11.1. The molecule has 0 aromatic rings. The van der Waals surface area contributed by atoms with Crippen LogP contribution in [0.4, 0.5) is 0 Å². The van der Waals surface area contributed by atoms with Crippen molar-refractivity contribution < 1.29 is 0 Å². The van der Waals surface area contributed by atoms with E-state index in [9.17, 15) is 0 Å². The molecular weight excluding hydrogens is 130 g/mol. The third kappa shape index (κ3) is 6.52. The molecule has 0 bridgehead atoms. The summed E-state index contributed by atoms with van der Waals surface area (Å²) in [5.74, 6) is 0.798. The van der Waals surface area contributed by atoms with Gasteiger partial charge >= 0.3 is 0 Å². The molecule has 2 heteroatoms. The molecule has 0 aromatic carbocycles. The average Bonchev–Trinajstić information content (AvgIpc) is 1.81. The van der Waals surface area contributed by atoms with Crippen molar-refractivity contribution in [1.82, 2.24) is 0 Å². The van der Waals surface area contributed by atoms with Gasteiger partial charge in [0.05, 0.1) is 14.3 Å². The van der Waals surface area contributed by atoms with Crippen LogP contribution in [-0.2, 0) is 0 Å². The SMILES string of the molecule is CC[B][B]C(C)(C)CC(C)C. The lowest BCUT2D eigenvalue weighted by Gasteiger charge is -2.25. The predicted molar refractivity (Wildman–Crippen MR) is 55.5 cm³/mol. The fourth-order valence-electron chi connectivity index (χ4n) is 1.56. The van der Waals surface area contributed by atoms with Crippen molar-refractivity contribution in [2.45, 2.75) is 52.7 Å². The largest absolute Gasteiger partial charge is 0.0914 e. The summed E-state index contributed by atoms with van der Waals surface area (Å²) < 4.78 is 0. The van der Waals surface area contributed by atoms with Crippen molar-refractivity contribution in [1.29, 1.82) is 0 Å². The van der Waals surface area contributed by atoms with Gasteiger partial charge in [-0.1, -0.05) is 52.7 Å². The molecule has 0 atom stereocenters. The van der Waals surface area contributed by atoms with Crippen LogP contribution >= 0.6 is 0 Å². The van der Waals surface area contributed by atoms with Crippen molar-refractivity contribution in [3.05, 3.63) is 0 Å². The van der Waals surface area contributed by atoms with E-state index < -0.39 is 0 Å². The van der Waals surface area contributed by atoms with Crippen molar-refractivity contribution in [3.63, 3.8) is 0 Å². The molecule has 62 valence electrons. The van der Waals surface area contributed by atoms with Gasteiger partial charge in [0.25, 0.3) is 0 Å². The Morgan fingerprint density at radius 2 is 1.82 bits per heavy atom. The lowest BCUT2D eigenvalue weighted by molar-refractivity contribution is 0.484. The summed E-state index contributed by atoms with van der Waals surface area (Å²) in [6.45, 7) is 11.4. The first-order valence-corrected chi connectivity index (χ1v) is 4.65. The second-order valence-corrected chi connectivity index (χ2v) is 4.40. The highest BCUT2D eigenvalue weighted by atomic mass is 14.1. The van der Waals surface area contributed by atoms with Crippen LogP contribution in [0.3, 0.4) is 0 Å². The summed E-state index contributed by atoms with van der Waals surface area (Å²) in [6.07, 6.45) is 2.44. The van der Waals surface area contributed by atoms with Gasteiger partial charge in [-0.15, -0.1) is 0 Å². The van der Waals surface area contributed by atoms with E-state index in [-0.39, 0.29) is 0 Å². The second-order valence-electron chi connectivity index (χ2n) is 4.40. The maximum atomic E-state index is 2.34. The summed E-state index contributed by atoms with van der Waals surface area (Å²) in [4.78, 5) is 0. The molecule has 0 heterocycles. The Labute approximate surface area is 73.6 Å². The Morgan fingerprint density at radius 1 is 1.27 bits per heavy atom. The van der Waals surface area contributed by atoms with Gasteiger partial charge in [0.1, 0.15) is 0 Å². The molecule has 0 aliphatic carbocycles. The van der Waals surface area contributed by atoms with Crippen molar-refractivity contribution in [2.75, 3.05) is 0 Å². The second kappa shape index (κ2) is 4.90. The molecule has 0 aliphatic heterocycles. The summed E-state index contributed by atoms with van der Waals surface area (Å²) >= 11 is 0. The lowest BCUT2D eigenvalue weighted by atomic mass is 9.28. The molecule has 0 fully saturated rings. The topological polar surface area (TPSA) is 0 Å². The molecule has 0 saturated carbocycles. The molecule has 2 radical (unpaired) electrons. The molecule has 0 aromatic heterocycles. The highest BCUT2D eigenvalue weighted by molar-refractivity contribution is 7.01. The van der Waals surface area contributed by atoms with Crippen molar-refractivity contribution >= 4 is 14.3 Å². The summed E-state index contributed by atoms with van der Waals surface area (Å²) in [6, 6.07) is 0. The Morgan fingerprint density at radius 3 is 2.18 bits per heavy atom. The zero-order valence-electron chi connectivity index (χ0n) is 8.65. The van der Waals surface area contributed by atoms with E-state index >= 15 is 0 Å². The molecule has 0 amide bonds. The summed E-state index contributed by atoms with van der Waals surface area (Å²) in [5.41, 5.74) is 0. The van der Waals surface area contributed by atoms with Crippen LogP contribution in [0, 0.1) is 5.92 Å². The minimum absolute atomic E-state index is 0.393. The molecule has 0 unspecified atom stereocenters. The highest BCUT2D eigenvalue weighted by Crippen LogP contribution is 2.30. The van der Waals surface area contributed by atoms with Gasteiger partial charge in [-0.3, -0.25) is 0 Å². The van der Waals surface area contributed by atoms with E-state index in [1.807, 2.05) is 0 Å². The maximum Gasteiger partial charge on any atom is 0.0731 e. The molecule has 0 nitrogen and oxygen atoms in total. The van der Waals surface area contributed by atoms with Crippen LogP contribution in [0.2, 0.25) is 11.6 Å². The van der Waals surface area contributed by atoms with E-state index in [0.717, 1.165) is 12.2 Å². The van der Waals surface area contributed by atoms with Gasteiger partial charge < -0.3 is 0 Å². The van der Waals surface area contributed by atoms with E-state index in [2.05, 4.69) is 49.0 Å². The minimum atomic E-state index is 0.393. The zero-order chi connectivity index (χ0) is 8.91. The van der Waals surface area contributed by atoms with E-state index in [1.165, 1.54) is 6.42 Å². The third-order valence-corrected chi connectivity index (χ3v) is 1.74. The van der Waals surface area contributed by atoms with Gasteiger partial charge in [-0.2, -0.15) is 0 Å². The van der Waals surface area contributed by atoms with Crippen LogP contribution in [0.5, 0.6) is 0 Å². The van der Waals surface area contributed by atoms with Crippen molar-refractivity contribution in [2.24, 2.45) is 5.92 Å². The van der Waals surface area contributed by atoms with E-state index in [4.69, 9.17) is 0 Å². The van der Waals surface area contributed by atoms with Crippen LogP contribution in [0.1, 0.15) is 41.0 Å². The molecule has 0 aliphatic rings. The lowest BCUT2D eigenvalue weighted by Crippen LogP contribution is -2.20.